The van der Waals surface area contributed by atoms with Gasteiger partial charge in [0, 0.05) is 55.4 Å². The van der Waals surface area contributed by atoms with E-state index in [0.717, 1.165) is 38.8 Å². The third-order valence-electron chi connectivity index (χ3n) is 16.2. The van der Waals surface area contributed by atoms with Crippen LogP contribution in [0.3, 0.4) is 0 Å². The molecule has 7 aromatic rings. The van der Waals surface area contributed by atoms with E-state index < -0.39 is 48.0 Å². The van der Waals surface area contributed by atoms with Gasteiger partial charge >= 0.3 is 5.97 Å². The zero-order chi connectivity index (χ0) is 60.3. The van der Waals surface area contributed by atoms with E-state index >= 15 is 8.42 Å². The molecule has 13 nitrogen and oxygen atoms in total. The Balaban J connectivity index is 0.000000220. The molecule has 4 heterocycles. The summed E-state index contributed by atoms with van der Waals surface area (Å²) in [6, 6.07) is 46.7. The SMILES string of the molecule is CC(C)[C@H]1CCc2c(cn(C)c2C(=O)Nc2ccc(F)c(C#N)c2)S(=O)(=N[Si](c2ccccc2)(c2ccccc2)C(C)(C)C)N1.CCOC(=O)c1c2c(cn1C)S(=O)(=N[Si](c1ccccc1)(c1ccccc1)C(C)(C)C)N[C@@H](C(C)C)CC2. The van der Waals surface area contributed by atoms with E-state index in [1.165, 1.54) is 12.1 Å². The molecule has 2 aliphatic heterocycles. The second-order valence-corrected chi connectivity index (χ2v) is 37.5. The van der Waals surface area contributed by atoms with E-state index in [1.54, 1.807) is 29.3 Å². The molecule has 0 bridgehead atoms. The molecule has 2 unspecified atom stereocenters. The molecule has 3 N–H and O–H groups in total. The Kier molecular flexibility index (Phi) is 18.7. The van der Waals surface area contributed by atoms with Gasteiger partial charge in [-0.2, -0.15) is 5.26 Å². The highest BCUT2D eigenvalue weighted by Gasteiger charge is 2.53. The van der Waals surface area contributed by atoms with Crippen LogP contribution in [0, 0.1) is 29.0 Å². The second kappa shape index (κ2) is 24.8. The van der Waals surface area contributed by atoms with Crippen molar-refractivity contribution in [2.75, 3.05) is 11.9 Å². The van der Waals surface area contributed by atoms with Crippen molar-refractivity contribution in [3.05, 3.63) is 186 Å². The van der Waals surface area contributed by atoms with Crippen molar-refractivity contribution < 1.29 is 27.1 Å². The Morgan fingerprint density at radius 2 is 1.04 bits per heavy atom. The molecule has 83 heavy (non-hydrogen) atoms. The number of aryl methyl sites for hydroxylation is 2. The van der Waals surface area contributed by atoms with Crippen molar-refractivity contribution in [3.8, 4) is 6.07 Å². The van der Waals surface area contributed by atoms with Crippen LogP contribution in [0.5, 0.6) is 0 Å². The fraction of sp³-hybridized carbons (Fsp3) is 0.369. The maximum atomic E-state index is 15.8. The smallest absolute Gasteiger partial charge is 0.355 e. The number of nitriles is 1. The molecule has 4 atom stereocenters. The highest BCUT2D eigenvalue weighted by Crippen LogP contribution is 2.42. The lowest BCUT2D eigenvalue weighted by atomic mass is 9.97. The normalized spacial score (nSPS) is 19.2. The fourth-order valence-corrected chi connectivity index (χ4v) is 30.4. The van der Waals surface area contributed by atoms with Crippen molar-refractivity contribution in [2.24, 2.45) is 34.0 Å². The molecule has 0 fully saturated rings. The molecule has 0 saturated heterocycles. The monoisotopic (exact) mass is 1190 g/mol. The van der Waals surface area contributed by atoms with E-state index in [-0.39, 0.29) is 52.1 Å². The first-order valence-electron chi connectivity index (χ1n) is 28.6. The topological polar surface area (TPSA) is 172 Å². The standard InChI is InChI=1S/C35H40FN5O2SSi.C30H41N3O3SSi/c1-24(2)31-20-18-29-32(23-41(6)33(29)34(42)38-26-17-19-30(36)25(21-26)22-37)44(43,39-31)40-45(35(3,4)5,27-13-9-7-10-14-27)28-15-11-8-12-16-28;1-8-36-29(34)28-25-19-20-26(22(2)3)31-37(35,27(25)21-33(28)7)32-38(30(4,5)6,23-15-11-9-12-16-23)24-17-13-10-14-18-24/h7-17,19,21,23-24,31H,18,20H2,1-6H3,(H,38,42)(H,39,40,43);9-18,21-22,26H,8,19-20H2,1-7H3,(H,31,32,35)/t31-,44?;26-,37?/m11/s1. The Labute approximate surface area is 494 Å². The van der Waals surface area contributed by atoms with Crippen LogP contribution in [0.1, 0.15) is 127 Å². The van der Waals surface area contributed by atoms with Gasteiger partial charge in [0.05, 0.1) is 22.0 Å². The summed E-state index contributed by atoms with van der Waals surface area (Å²) >= 11 is 0. The average Bonchev–Trinajstić information content (AvgIpc) is 2.22. The van der Waals surface area contributed by atoms with Crippen molar-refractivity contribution in [3.63, 3.8) is 0 Å². The minimum Gasteiger partial charge on any atom is -0.461 e. The summed E-state index contributed by atoms with van der Waals surface area (Å²) in [5, 5.41) is 15.8. The maximum Gasteiger partial charge on any atom is 0.355 e. The number of benzene rings is 5. The molecular formula is C65H81FN8O5S2Si2. The molecule has 2 aromatic heterocycles. The summed E-state index contributed by atoms with van der Waals surface area (Å²) in [7, 11) is -9.09. The predicted octanol–water partition coefficient (Wildman–Crippen LogP) is 11.2. The van der Waals surface area contributed by atoms with Crippen molar-refractivity contribution in [1.82, 2.24) is 18.6 Å². The number of hydrogen-bond acceptors (Lipinski definition) is 8. The molecule has 0 radical (unpaired) electrons. The first-order valence-corrected chi connectivity index (χ1v) is 35.6. The Morgan fingerprint density at radius 3 is 1.39 bits per heavy atom. The number of ether oxygens (including phenoxy) is 1. The number of nitrogens with one attached hydrogen (secondary N) is 3. The van der Waals surface area contributed by atoms with E-state index in [4.69, 9.17) is 12.8 Å². The minimum absolute atomic E-state index is 0.0165. The van der Waals surface area contributed by atoms with Crippen molar-refractivity contribution in [2.45, 2.75) is 134 Å². The first-order chi connectivity index (χ1) is 39.2. The van der Waals surface area contributed by atoms with Gasteiger partial charge in [0.1, 0.15) is 43.1 Å². The van der Waals surface area contributed by atoms with Gasteiger partial charge in [-0.3, -0.25) is 4.79 Å². The molecule has 1 amide bonds. The number of aromatic nitrogens is 2. The van der Waals surface area contributed by atoms with Gasteiger partial charge in [-0.25, -0.2) is 35.1 Å². The number of carbonyl (C=O) groups excluding carboxylic acids is 2. The van der Waals surface area contributed by atoms with Crippen LogP contribution in [0.15, 0.2) is 170 Å². The number of nitrogens with zero attached hydrogens (tertiary/aromatic N) is 5. The van der Waals surface area contributed by atoms with Crippen LogP contribution in [0.4, 0.5) is 10.1 Å². The molecule has 2 aliphatic rings. The zero-order valence-corrected chi connectivity index (χ0v) is 53.9. The summed E-state index contributed by atoms with van der Waals surface area (Å²) in [5.41, 5.74) is 2.45. The Morgan fingerprint density at radius 1 is 0.663 bits per heavy atom. The number of rotatable bonds is 12. The fourth-order valence-electron chi connectivity index (χ4n) is 11.9. The molecule has 18 heteroatoms. The maximum absolute atomic E-state index is 15.8. The Bertz CT molecular complexity index is 3700. The lowest BCUT2D eigenvalue weighted by Crippen LogP contribution is -2.64. The highest BCUT2D eigenvalue weighted by atomic mass is 32.2. The van der Waals surface area contributed by atoms with Gasteiger partial charge in [0.25, 0.3) is 22.4 Å². The lowest BCUT2D eigenvalue weighted by Gasteiger charge is -2.40. The average molecular weight is 1190 g/mol. The van der Waals surface area contributed by atoms with E-state index in [1.807, 2.05) is 92.1 Å². The largest absolute Gasteiger partial charge is 0.461 e. The third-order valence-corrected chi connectivity index (χ3v) is 32.6. The van der Waals surface area contributed by atoms with Crippen LogP contribution in [0.25, 0.3) is 0 Å². The summed E-state index contributed by atoms with van der Waals surface area (Å²) in [6.45, 7) is 23.7. The van der Waals surface area contributed by atoms with Gasteiger partial charge in [0.2, 0.25) is 0 Å². The minimum atomic E-state index is -3.30. The van der Waals surface area contributed by atoms with E-state index in [2.05, 4.69) is 133 Å². The molecule has 5 aromatic carbocycles. The second-order valence-electron chi connectivity index (χ2n) is 24.5. The van der Waals surface area contributed by atoms with Gasteiger partial charge in [-0.15, -0.1) is 0 Å². The van der Waals surface area contributed by atoms with Gasteiger partial charge in [0.15, 0.2) is 0 Å². The Hall–Kier alpha value is -6.73. The summed E-state index contributed by atoms with van der Waals surface area (Å²) in [6.07, 6.45) is 6.18. The summed E-state index contributed by atoms with van der Waals surface area (Å²) in [4.78, 5) is 28.0. The van der Waals surface area contributed by atoms with Crippen molar-refractivity contribution >= 4 is 74.6 Å². The number of esters is 1. The number of carbonyl (C=O) groups is 2. The van der Waals surface area contributed by atoms with Gasteiger partial charge in [-0.05, 0) is 93.5 Å². The van der Waals surface area contributed by atoms with E-state index in [9.17, 15) is 19.2 Å². The number of amides is 1. The molecule has 0 aliphatic carbocycles. The van der Waals surface area contributed by atoms with Crippen LogP contribution >= 0.6 is 0 Å². The van der Waals surface area contributed by atoms with Gasteiger partial charge in [-0.1, -0.05) is 191 Å². The quantitative estimate of drug-likeness (QED) is 0.0812. The molecule has 0 saturated carbocycles. The van der Waals surface area contributed by atoms with Gasteiger partial charge < -0.3 is 19.2 Å². The first kappa shape index (κ1) is 62.3. The third kappa shape index (κ3) is 12.3. The zero-order valence-electron chi connectivity index (χ0n) is 50.3. The summed E-state index contributed by atoms with van der Waals surface area (Å²) < 4.78 is 72.4. The highest BCUT2D eigenvalue weighted by molar-refractivity contribution is 7.93. The number of anilines is 1. The number of fused-ring (bicyclic) bond motifs is 2. The van der Waals surface area contributed by atoms with Crippen LogP contribution in [-0.4, -0.2) is 64.6 Å². The molecule has 438 valence electrons. The predicted molar refractivity (Wildman–Crippen MR) is 339 cm³/mol. The number of hydrogen-bond donors (Lipinski definition) is 3. The van der Waals surface area contributed by atoms with Crippen LogP contribution in [0.2, 0.25) is 10.1 Å². The molecular weight excluding hydrogens is 1110 g/mol. The van der Waals surface area contributed by atoms with Crippen LogP contribution < -0.4 is 35.5 Å². The van der Waals surface area contributed by atoms with Crippen molar-refractivity contribution in [1.29, 1.82) is 5.26 Å². The molecule has 9 rings (SSSR count). The van der Waals surface area contributed by atoms with E-state index in [0.29, 0.717) is 51.7 Å². The number of halogens is 1. The lowest BCUT2D eigenvalue weighted by molar-refractivity contribution is 0.0513. The van der Waals surface area contributed by atoms with Crippen LogP contribution in [-0.2, 0) is 51.5 Å². The molecule has 0 spiro atoms. The summed E-state index contributed by atoms with van der Waals surface area (Å²) in [5.74, 6) is -1.05.